The van der Waals surface area contributed by atoms with E-state index in [-0.39, 0.29) is 23.3 Å². The molecule has 1 aliphatic carbocycles. The van der Waals surface area contributed by atoms with Crippen molar-refractivity contribution in [2.75, 3.05) is 0 Å². The van der Waals surface area contributed by atoms with Crippen LogP contribution in [0.5, 0.6) is 0 Å². The third-order valence-corrected chi connectivity index (χ3v) is 6.22. The Labute approximate surface area is 193 Å². The number of ether oxygens (including phenoxy) is 1. The number of alkyl halides is 3. The Hall–Kier alpha value is -3.12. The molecular weight excluding hydrogens is 451 g/mol. The molecule has 1 atom stereocenters. The molecule has 3 nitrogen and oxygen atoms in total. The van der Waals surface area contributed by atoms with Gasteiger partial charge in [-0.1, -0.05) is 54.1 Å². The molecule has 3 aromatic carbocycles. The van der Waals surface area contributed by atoms with Gasteiger partial charge in [-0.25, -0.2) is 0 Å². The van der Waals surface area contributed by atoms with E-state index in [1.807, 2.05) is 31.2 Å². The number of fused-ring (bicyclic) bond motifs is 1. The number of carbonyl (C=O) groups is 1. The van der Waals surface area contributed by atoms with Gasteiger partial charge in [-0.15, -0.1) is 0 Å². The average molecular weight is 470 g/mol. The van der Waals surface area contributed by atoms with Gasteiger partial charge < -0.3 is 4.74 Å². The van der Waals surface area contributed by atoms with Gasteiger partial charge in [-0.2, -0.15) is 13.2 Å². The zero-order valence-electron chi connectivity index (χ0n) is 17.6. The van der Waals surface area contributed by atoms with Crippen LogP contribution in [0, 0.1) is 6.92 Å². The van der Waals surface area contributed by atoms with Crippen LogP contribution < -0.4 is 0 Å². The molecule has 0 spiro atoms. The van der Waals surface area contributed by atoms with Crippen molar-refractivity contribution in [3.8, 4) is 0 Å². The molecule has 168 valence electrons. The molecule has 2 fully saturated rings. The van der Waals surface area contributed by atoms with Crippen LogP contribution in [0.25, 0.3) is 16.8 Å². The molecule has 2 aliphatic rings. The van der Waals surface area contributed by atoms with E-state index < -0.39 is 23.4 Å². The van der Waals surface area contributed by atoms with Crippen LogP contribution in [-0.2, 0) is 15.7 Å². The Morgan fingerprint density at radius 3 is 2.58 bits per heavy atom. The van der Waals surface area contributed by atoms with Crippen LogP contribution in [0.15, 0.2) is 65.3 Å². The molecule has 33 heavy (non-hydrogen) atoms. The average Bonchev–Trinajstić information content (AvgIpc) is 3.53. The van der Waals surface area contributed by atoms with E-state index in [1.165, 1.54) is 12.1 Å². The first kappa shape index (κ1) is 21.7. The van der Waals surface area contributed by atoms with E-state index in [0.29, 0.717) is 10.6 Å². The molecule has 3 aromatic rings. The van der Waals surface area contributed by atoms with Crippen LogP contribution in [0.2, 0.25) is 5.02 Å². The van der Waals surface area contributed by atoms with Crippen molar-refractivity contribution >= 4 is 40.1 Å². The molecule has 0 amide bonds. The quantitative estimate of drug-likeness (QED) is 0.383. The first-order valence-electron chi connectivity index (χ1n) is 10.6. The summed E-state index contributed by atoms with van der Waals surface area (Å²) in [4.78, 5) is 17.9. The minimum Gasteiger partial charge on any atom is -0.438 e. The maximum Gasteiger partial charge on any atom is 0.416 e. The van der Waals surface area contributed by atoms with Gasteiger partial charge in [0.1, 0.15) is 5.92 Å². The smallest absolute Gasteiger partial charge is 0.416 e. The Bertz CT molecular complexity index is 1340. The first-order valence-corrected chi connectivity index (χ1v) is 11.0. The van der Waals surface area contributed by atoms with Crippen LogP contribution in [0.3, 0.4) is 0 Å². The van der Waals surface area contributed by atoms with Gasteiger partial charge in [-0.05, 0) is 59.9 Å². The number of hydrogen-bond donors (Lipinski definition) is 0. The molecule has 0 N–H and O–H groups in total. The highest BCUT2D eigenvalue weighted by Crippen LogP contribution is 2.39. The molecular formula is C26H19ClF3NO2. The van der Waals surface area contributed by atoms with E-state index in [4.69, 9.17) is 16.3 Å². The standard InChI is InChI=1S/C26H19ClF3NO2/c1-14-4-2-5-15-8-11-20(27)19(22(14)15)13-21-24(32)23(25(33-21)31-18-9-10-18)16-6-3-7-17(12-16)26(28,29)30/h2-8,11-13,18,23H,9-10H2,1H3. The fourth-order valence-corrected chi connectivity index (χ4v) is 4.30. The van der Waals surface area contributed by atoms with E-state index in [9.17, 15) is 18.0 Å². The van der Waals surface area contributed by atoms with Gasteiger partial charge in [0.2, 0.25) is 11.7 Å². The number of allylic oxidation sites excluding steroid dienone is 1. The van der Waals surface area contributed by atoms with Crippen molar-refractivity contribution in [3.05, 3.63) is 87.6 Å². The fraction of sp³-hybridized carbons (Fsp3) is 0.231. The topological polar surface area (TPSA) is 38.7 Å². The predicted octanol–water partition coefficient (Wildman–Crippen LogP) is 7.11. The molecule has 1 heterocycles. The van der Waals surface area contributed by atoms with Crippen LogP contribution in [-0.4, -0.2) is 17.7 Å². The summed E-state index contributed by atoms with van der Waals surface area (Å²) in [6, 6.07) is 14.3. The van der Waals surface area contributed by atoms with Crippen LogP contribution >= 0.6 is 11.6 Å². The molecule has 0 aromatic heterocycles. The number of carbonyl (C=O) groups excluding carboxylic acids is 1. The van der Waals surface area contributed by atoms with Crippen LogP contribution in [0.1, 0.15) is 41.0 Å². The fourth-order valence-electron chi connectivity index (χ4n) is 4.09. The highest BCUT2D eigenvalue weighted by atomic mass is 35.5. The number of Topliss-reactive ketones (excluding diaryl/α,β-unsaturated/α-hetero) is 1. The van der Waals surface area contributed by atoms with E-state index in [1.54, 1.807) is 12.1 Å². The van der Waals surface area contributed by atoms with Gasteiger partial charge in [-0.3, -0.25) is 9.79 Å². The van der Waals surface area contributed by atoms with Gasteiger partial charge >= 0.3 is 6.18 Å². The number of nitrogens with zero attached hydrogens (tertiary/aromatic N) is 1. The van der Waals surface area contributed by atoms with Crippen molar-refractivity contribution in [1.82, 2.24) is 0 Å². The maximum atomic E-state index is 13.4. The summed E-state index contributed by atoms with van der Waals surface area (Å²) in [5.74, 6) is -1.29. The molecule has 1 saturated heterocycles. The largest absolute Gasteiger partial charge is 0.438 e. The third kappa shape index (κ3) is 4.15. The summed E-state index contributed by atoms with van der Waals surface area (Å²) >= 11 is 6.49. The normalized spacial score (nSPS) is 21.2. The lowest BCUT2D eigenvalue weighted by atomic mass is 9.93. The van der Waals surface area contributed by atoms with Crippen molar-refractivity contribution < 1.29 is 22.7 Å². The number of ketones is 1. The Balaban J connectivity index is 1.62. The number of halogens is 4. The Kier molecular flexibility index (Phi) is 5.28. The molecule has 7 heteroatoms. The van der Waals surface area contributed by atoms with E-state index >= 15 is 0 Å². The SMILES string of the molecule is Cc1cccc2ccc(Cl)c(C=C3OC(=NC4CC4)C(c4cccc(C(F)(F)F)c4)C3=O)c12. The Morgan fingerprint density at radius 2 is 1.85 bits per heavy atom. The number of rotatable bonds is 3. The molecule has 1 unspecified atom stereocenters. The summed E-state index contributed by atoms with van der Waals surface area (Å²) in [6.07, 6.45) is -1.21. The van der Waals surface area contributed by atoms with Crippen LogP contribution in [0.4, 0.5) is 13.2 Å². The summed E-state index contributed by atoms with van der Waals surface area (Å²) in [5, 5.41) is 2.29. The molecule has 0 radical (unpaired) electrons. The second kappa shape index (κ2) is 8.03. The van der Waals surface area contributed by atoms with Gasteiger partial charge in [0.05, 0.1) is 11.6 Å². The minimum absolute atomic E-state index is 0.0227. The van der Waals surface area contributed by atoms with Crippen molar-refractivity contribution in [1.29, 1.82) is 0 Å². The second-order valence-corrected chi connectivity index (χ2v) is 8.77. The predicted molar refractivity (Wildman–Crippen MR) is 122 cm³/mol. The van der Waals surface area contributed by atoms with Gasteiger partial charge in [0.15, 0.2) is 5.76 Å². The van der Waals surface area contributed by atoms with E-state index in [0.717, 1.165) is 41.3 Å². The van der Waals surface area contributed by atoms with Gasteiger partial charge in [0.25, 0.3) is 0 Å². The minimum atomic E-state index is -4.51. The summed E-state index contributed by atoms with van der Waals surface area (Å²) in [7, 11) is 0. The summed E-state index contributed by atoms with van der Waals surface area (Å²) in [6.45, 7) is 1.95. The van der Waals surface area contributed by atoms with Crippen molar-refractivity contribution in [2.45, 2.75) is 37.9 Å². The summed E-state index contributed by atoms with van der Waals surface area (Å²) < 4.78 is 45.8. The highest BCUT2D eigenvalue weighted by molar-refractivity contribution is 6.34. The lowest BCUT2D eigenvalue weighted by Gasteiger charge is -2.11. The summed E-state index contributed by atoms with van der Waals surface area (Å²) in [5.41, 5.74) is 1.00. The molecule has 5 rings (SSSR count). The number of benzene rings is 3. The number of aryl methyl sites for hydroxylation is 1. The monoisotopic (exact) mass is 469 g/mol. The highest BCUT2D eigenvalue weighted by Gasteiger charge is 2.42. The second-order valence-electron chi connectivity index (χ2n) is 8.36. The van der Waals surface area contributed by atoms with Gasteiger partial charge in [0, 0.05) is 10.6 Å². The molecule has 1 saturated carbocycles. The van der Waals surface area contributed by atoms with Crippen molar-refractivity contribution in [2.24, 2.45) is 4.99 Å². The first-order chi connectivity index (χ1) is 15.7. The lowest BCUT2D eigenvalue weighted by Crippen LogP contribution is -2.15. The Morgan fingerprint density at radius 1 is 1.09 bits per heavy atom. The third-order valence-electron chi connectivity index (χ3n) is 5.89. The zero-order valence-corrected chi connectivity index (χ0v) is 18.4. The molecule has 1 aliphatic heterocycles. The maximum absolute atomic E-state index is 13.4. The van der Waals surface area contributed by atoms with E-state index in [2.05, 4.69) is 4.99 Å². The number of hydrogen-bond acceptors (Lipinski definition) is 3. The lowest BCUT2D eigenvalue weighted by molar-refractivity contribution is -0.137. The molecule has 0 bridgehead atoms. The zero-order chi connectivity index (χ0) is 23.3. The number of aliphatic imine (C=N–C) groups is 1. The van der Waals surface area contributed by atoms with Crippen molar-refractivity contribution in [3.63, 3.8) is 0 Å².